The first-order valence-corrected chi connectivity index (χ1v) is 9.31. The summed E-state index contributed by atoms with van der Waals surface area (Å²) in [4.78, 5) is 27.8. The molecule has 0 radical (unpaired) electrons. The fraction of sp³-hybridized carbons (Fsp3) is 0.450. The third-order valence-corrected chi connectivity index (χ3v) is 5.75. The van der Waals surface area contributed by atoms with Crippen molar-refractivity contribution in [2.45, 2.75) is 18.9 Å². The summed E-state index contributed by atoms with van der Waals surface area (Å²) in [6.45, 7) is -0.0221. The second kappa shape index (κ2) is 7.26. The molecule has 1 saturated carbocycles. The van der Waals surface area contributed by atoms with E-state index < -0.39 is 5.91 Å². The summed E-state index contributed by atoms with van der Waals surface area (Å²) in [7, 11) is 1.47. The van der Waals surface area contributed by atoms with Crippen molar-refractivity contribution < 1.29 is 23.5 Å². The number of amides is 2. The van der Waals surface area contributed by atoms with Crippen molar-refractivity contribution in [1.29, 1.82) is 0 Å². The Morgan fingerprint density at radius 2 is 2.18 bits per heavy atom. The third kappa shape index (κ3) is 3.12. The minimum absolute atomic E-state index is 0.0139. The Morgan fingerprint density at radius 3 is 2.89 bits per heavy atom. The van der Waals surface area contributed by atoms with Gasteiger partial charge in [-0.3, -0.25) is 14.0 Å². The highest BCUT2D eigenvalue weighted by Crippen LogP contribution is 2.55. The van der Waals surface area contributed by atoms with Crippen molar-refractivity contribution in [3.8, 4) is 11.6 Å². The number of piperidine rings is 1. The number of primary amides is 1. The predicted octanol–water partition coefficient (Wildman–Crippen LogP) is 1.83. The van der Waals surface area contributed by atoms with Gasteiger partial charge in [0.1, 0.15) is 5.75 Å². The van der Waals surface area contributed by atoms with Crippen LogP contribution in [0.15, 0.2) is 24.4 Å². The zero-order valence-corrected chi connectivity index (χ0v) is 15.5. The van der Waals surface area contributed by atoms with E-state index in [1.54, 1.807) is 24.4 Å². The highest BCUT2D eigenvalue weighted by atomic mass is 19.1. The van der Waals surface area contributed by atoms with E-state index in [0.29, 0.717) is 42.0 Å². The van der Waals surface area contributed by atoms with Gasteiger partial charge in [0.2, 0.25) is 11.8 Å². The molecule has 2 heterocycles. The highest BCUT2D eigenvalue weighted by Gasteiger charge is 2.62. The van der Waals surface area contributed by atoms with Crippen LogP contribution in [0.5, 0.6) is 11.6 Å². The van der Waals surface area contributed by atoms with Crippen LogP contribution >= 0.6 is 0 Å². The molecule has 1 unspecified atom stereocenters. The van der Waals surface area contributed by atoms with Crippen molar-refractivity contribution >= 4 is 22.6 Å². The van der Waals surface area contributed by atoms with Gasteiger partial charge < -0.3 is 20.5 Å². The minimum atomic E-state index is -0.572. The van der Waals surface area contributed by atoms with Gasteiger partial charge in [-0.1, -0.05) is 0 Å². The molecule has 2 amide bonds. The molecular formula is C20H22FN3O4. The summed E-state index contributed by atoms with van der Waals surface area (Å²) in [5.41, 5.74) is 5.70. The lowest BCUT2D eigenvalue weighted by Gasteiger charge is -2.16. The first-order valence-electron chi connectivity index (χ1n) is 9.31. The number of alkyl halides is 1. The van der Waals surface area contributed by atoms with Crippen molar-refractivity contribution in [2.24, 2.45) is 23.5 Å². The Hall–Kier alpha value is -2.90. The van der Waals surface area contributed by atoms with Crippen LogP contribution in [0.2, 0.25) is 0 Å². The van der Waals surface area contributed by atoms with E-state index in [1.807, 2.05) is 0 Å². The molecule has 7 nitrogen and oxygen atoms in total. The van der Waals surface area contributed by atoms with E-state index in [4.69, 9.17) is 15.2 Å². The van der Waals surface area contributed by atoms with Gasteiger partial charge in [-0.2, -0.15) is 0 Å². The van der Waals surface area contributed by atoms with Gasteiger partial charge in [0, 0.05) is 30.0 Å². The van der Waals surface area contributed by atoms with Crippen LogP contribution in [0.25, 0.3) is 10.8 Å². The molecule has 1 aromatic carbocycles. The number of pyridine rings is 1. The number of methoxy groups -OCH3 is 1. The van der Waals surface area contributed by atoms with Crippen molar-refractivity contribution in [2.75, 3.05) is 20.4 Å². The molecule has 2 aliphatic rings. The Morgan fingerprint density at radius 1 is 1.36 bits per heavy atom. The van der Waals surface area contributed by atoms with Crippen LogP contribution in [0.3, 0.4) is 0 Å². The molecule has 0 bridgehead atoms. The lowest BCUT2D eigenvalue weighted by molar-refractivity contribution is -0.121. The fourth-order valence-corrected chi connectivity index (χ4v) is 4.39. The first-order chi connectivity index (χ1) is 13.5. The second-order valence-corrected chi connectivity index (χ2v) is 7.25. The summed E-state index contributed by atoms with van der Waals surface area (Å²) < 4.78 is 23.7. The number of carbonyl (C=O) groups is 2. The number of aromatic nitrogens is 1. The number of nitrogens with one attached hydrogen (secondary N) is 1. The average Bonchev–Trinajstić information content (AvgIpc) is 3.30. The van der Waals surface area contributed by atoms with Crippen LogP contribution < -0.4 is 20.5 Å². The smallest absolute Gasteiger partial charge is 0.252 e. The van der Waals surface area contributed by atoms with Crippen LogP contribution in [-0.4, -0.2) is 43.2 Å². The molecule has 2 aromatic rings. The van der Waals surface area contributed by atoms with E-state index in [0.717, 1.165) is 5.39 Å². The van der Waals surface area contributed by atoms with E-state index in [1.165, 1.54) is 7.11 Å². The standard InChI is InChI=1S/C20H22FN3O4/c1-27-15-9-12-10(8-13(15)18(22)25)3-6-23-20(12)28-7-4-14-16-11(2-5-21)17(16)19(26)24-14/h3,6,8-9,11,14,16-17H,2,4-5,7H2,1H3,(H2,22,25)(H,24,26)/t11?,14-,16-,17-/m1/s1. The number of carbonyl (C=O) groups excluding carboxylic acids is 2. The number of nitrogens with two attached hydrogens (primary N) is 1. The average molecular weight is 387 g/mol. The fourth-order valence-electron chi connectivity index (χ4n) is 4.39. The zero-order chi connectivity index (χ0) is 19.8. The number of hydrogen-bond donors (Lipinski definition) is 2. The normalized spacial score (nSPS) is 25.3. The predicted molar refractivity (Wildman–Crippen MR) is 99.9 cm³/mol. The van der Waals surface area contributed by atoms with Gasteiger partial charge in [-0.25, -0.2) is 4.98 Å². The van der Waals surface area contributed by atoms with Crippen molar-refractivity contribution in [1.82, 2.24) is 10.3 Å². The van der Waals surface area contributed by atoms with Crippen LogP contribution in [0.4, 0.5) is 4.39 Å². The maximum Gasteiger partial charge on any atom is 0.252 e. The van der Waals surface area contributed by atoms with E-state index in [9.17, 15) is 14.0 Å². The largest absolute Gasteiger partial charge is 0.496 e. The molecule has 4 rings (SSSR count). The SMILES string of the molecule is COc1cc2c(OCC[C@H]3NC(=O)[C@@H]4C(CCF)[C@@H]43)nccc2cc1C(N)=O. The summed E-state index contributed by atoms with van der Waals surface area (Å²) in [6, 6.07) is 5.11. The lowest BCUT2D eigenvalue weighted by atomic mass is 10.1. The molecule has 1 saturated heterocycles. The second-order valence-electron chi connectivity index (χ2n) is 7.25. The van der Waals surface area contributed by atoms with E-state index >= 15 is 0 Å². The monoisotopic (exact) mass is 387 g/mol. The number of fused-ring (bicyclic) bond motifs is 2. The van der Waals surface area contributed by atoms with Gasteiger partial charge in [-0.15, -0.1) is 0 Å². The summed E-state index contributed by atoms with van der Waals surface area (Å²) >= 11 is 0. The van der Waals surface area contributed by atoms with Gasteiger partial charge in [0.25, 0.3) is 5.91 Å². The van der Waals surface area contributed by atoms with Crippen LogP contribution in [-0.2, 0) is 4.79 Å². The summed E-state index contributed by atoms with van der Waals surface area (Å²) in [6.07, 6.45) is 2.68. The molecule has 1 aromatic heterocycles. The molecule has 8 heteroatoms. The Balaban J connectivity index is 1.47. The van der Waals surface area contributed by atoms with E-state index in [-0.39, 0.29) is 36.4 Å². The van der Waals surface area contributed by atoms with E-state index in [2.05, 4.69) is 10.3 Å². The number of benzene rings is 1. The molecule has 28 heavy (non-hydrogen) atoms. The number of halogens is 1. The molecule has 148 valence electrons. The van der Waals surface area contributed by atoms with Crippen LogP contribution in [0.1, 0.15) is 23.2 Å². The first kappa shape index (κ1) is 18.5. The lowest BCUT2D eigenvalue weighted by Crippen LogP contribution is -2.33. The summed E-state index contributed by atoms with van der Waals surface area (Å²) in [5.74, 6) is 0.575. The van der Waals surface area contributed by atoms with Crippen molar-refractivity contribution in [3.63, 3.8) is 0 Å². The molecule has 1 aliphatic heterocycles. The zero-order valence-electron chi connectivity index (χ0n) is 15.5. The Labute approximate surface area is 161 Å². The van der Waals surface area contributed by atoms with Gasteiger partial charge in [0.05, 0.1) is 26.0 Å². The van der Waals surface area contributed by atoms with Crippen molar-refractivity contribution in [3.05, 3.63) is 30.0 Å². The molecule has 0 spiro atoms. The van der Waals surface area contributed by atoms with Gasteiger partial charge in [-0.05, 0) is 41.8 Å². The van der Waals surface area contributed by atoms with Gasteiger partial charge in [0.15, 0.2) is 0 Å². The van der Waals surface area contributed by atoms with Gasteiger partial charge >= 0.3 is 0 Å². The molecular weight excluding hydrogens is 365 g/mol. The molecule has 1 aliphatic carbocycles. The topological polar surface area (TPSA) is 104 Å². The quantitative estimate of drug-likeness (QED) is 0.719. The molecule has 2 fully saturated rings. The minimum Gasteiger partial charge on any atom is -0.496 e. The molecule has 4 atom stereocenters. The number of hydrogen-bond acceptors (Lipinski definition) is 5. The number of nitrogens with zero attached hydrogens (tertiary/aromatic N) is 1. The highest BCUT2D eigenvalue weighted by molar-refractivity contribution is 6.01. The third-order valence-electron chi connectivity index (χ3n) is 5.75. The molecule has 3 N–H and O–H groups in total. The summed E-state index contributed by atoms with van der Waals surface area (Å²) in [5, 5.41) is 4.44. The maximum atomic E-state index is 12.6. The number of ether oxygens (including phenoxy) is 2. The van der Waals surface area contributed by atoms with Crippen LogP contribution in [0, 0.1) is 17.8 Å². The Bertz CT molecular complexity index is 935. The Kier molecular flexibility index (Phi) is 4.78. The number of rotatable bonds is 8. The maximum absolute atomic E-state index is 12.6.